The van der Waals surface area contributed by atoms with Crippen LogP contribution in [0.1, 0.15) is 65.6 Å². The van der Waals surface area contributed by atoms with Crippen molar-refractivity contribution in [3.63, 3.8) is 0 Å². The average Bonchev–Trinajstić information content (AvgIpc) is 3.61. The van der Waals surface area contributed by atoms with Crippen LogP contribution in [-0.4, -0.2) is 14.5 Å². The predicted molar refractivity (Wildman–Crippen MR) is 229 cm³/mol. The van der Waals surface area contributed by atoms with E-state index in [2.05, 4.69) is 175 Å². The summed E-state index contributed by atoms with van der Waals surface area (Å²) in [6.45, 7) is 13.0. The molecule has 1 aliphatic rings. The highest BCUT2D eigenvalue weighted by Crippen LogP contribution is 2.33. The van der Waals surface area contributed by atoms with Gasteiger partial charge < -0.3 is 9.47 Å². The van der Waals surface area contributed by atoms with Crippen molar-refractivity contribution in [2.45, 2.75) is 60.9 Å². The van der Waals surface area contributed by atoms with E-state index in [1.807, 2.05) is 33.8 Å². The second kappa shape index (κ2) is 17.5. The lowest BCUT2D eigenvalue weighted by Crippen LogP contribution is -2.18. The van der Waals surface area contributed by atoms with E-state index in [0.29, 0.717) is 5.82 Å². The van der Waals surface area contributed by atoms with Crippen LogP contribution in [0.4, 0.5) is 5.69 Å². The van der Waals surface area contributed by atoms with Gasteiger partial charge >= 0.3 is 0 Å². The lowest BCUT2D eigenvalue weighted by molar-refractivity contribution is 0.973. The maximum absolute atomic E-state index is 5.16. The van der Waals surface area contributed by atoms with Gasteiger partial charge in [-0.3, -0.25) is 0 Å². The van der Waals surface area contributed by atoms with E-state index in [1.165, 1.54) is 38.3 Å². The smallest absolute Gasteiger partial charge is 0.160 e. The van der Waals surface area contributed by atoms with Crippen LogP contribution in [0.15, 0.2) is 152 Å². The Morgan fingerprint density at radius 3 is 2.19 bits per heavy atom. The second-order valence-electron chi connectivity index (χ2n) is 12.4. The molecule has 0 spiro atoms. The fourth-order valence-electron chi connectivity index (χ4n) is 6.97. The maximum atomic E-state index is 5.16. The molecule has 4 nitrogen and oxygen atoms in total. The summed E-state index contributed by atoms with van der Waals surface area (Å²) in [5.41, 5.74) is 9.75. The summed E-state index contributed by atoms with van der Waals surface area (Å²) >= 11 is 0. The first-order valence-electron chi connectivity index (χ1n) is 19.1. The van der Waals surface area contributed by atoms with Crippen molar-refractivity contribution in [1.82, 2.24) is 14.5 Å². The highest BCUT2D eigenvalue weighted by Gasteiger charge is 2.19. The van der Waals surface area contributed by atoms with E-state index in [0.717, 1.165) is 53.2 Å². The van der Waals surface area contributed by atoms with Gasteiger partial charge in [0.1, 0.15) is 0 Å². The molecule has 0 saturated heterocycles. The Kier molecular flexibility index (Phi) is 12.1. The molecule has 0 fully saturated rings. The SMILES string of the molecule is C/C=C(\C=C/CC)c1cc(-c2ccccc2)nc(-c2cccc(-n3/c4c5c(ccc6cccc3c65)CN(c3ccccc3)/C=C\C\C=4)c2)n1.CC.CC. The van der Waals surface area contributed by atoms with Crippen LogP contribution in [0.2, 0.25) is 0 Å². The van der Waals surface area contributed by atoms with Crippen molar-refractivity contribution in [3.8, 4) is 28.3 Å². The fraction of sp³-hybridized carbons (Fsp3) is 0.184. The van der Waals surface area contributed by atoms with Crippen LogP contribution in [-0.2, 0) is 6.54 Å². The van der Waals surface area contributed by atoms with E-state index in [-0.39, 0.29) is 0 Å². The Morgan fingerprint density at radius 2 is 1.43 bits per heavy atom. The molecule has 0 amide bonds. The molecule has 0 atom stereocenters. The molecular formula is C49H50N4. The molecule has 0 saturated carbocycles. The van der Waals surface area contributed by atoms with Gasteiger partial charge in [-0.25, -0.2) is 9.97 Å². The molecule has 0 radical (unpaired) electrons. The minimum atomic E-state index is 0.711. The number of para-hydroxylation sites is 1. The van der Waals surface area contributed by atoms with Crippen LogP contribution in [0.25, 0.3) is 61.7 Å². The Labute approximate surface area is 315 Å². The Balaban J connectivity index is 0.00000116. The molecule has 0 unspecified atom stereocenters. The number of benzene rings is 5. The number of hydrogen-bond donors (Lipinski definition) is 0. The number of allylic oxidation sites excluding steroid dienone is 5. The molecule has 1 aliphatic heterocycles. The molecule has 2 aromatic heterocycles. The Hall–Kier alpha value is -6.00. The molecule has 8 rings (SSSR count). The molecule has 7 aromatic rings. The van der Waals surface area contributed by atoms with Gasteiger partial charge in [-0.15, -0.1) is 0 Å². The summed E-state index contributed by atoms with van der Waals surface area (Å²) in [5.74, 6) is 0.711. The van der Waals surface area contributed by atoms with Gasteiger partial charge in [0.2, 0.25) is 0 Å². The zero-order chi connectivity index (χ0) is 37.2. The summed E-state index contributed by atoms with van der Waals surface area (Å²) in [4.78, 5) is 12.7. The maximum Gasteiger partial charge on any atom is 0.160 e. The molecule has 5 aromatic carbocycles. The lowest BCUT2D eigenvalue weighted by atomic mass is 10.0. The summed E-state index contributed by atoms with van der Waals surface area (Å²) < 4.78 is 2.43. The van der Waals surface area contributed by atoms with Gasteiger partial charge in [-0.05, 0) is 72.7 Å². The third-order valence-electron chi connectivity index (χ3n) is 9.31. The van der Waals surface area contributed by atoms with E-state index in [4.69, 9.17) is 9.97 Å². The minimum absolute atomic E-state index is 0.711. The standard InChI is InChI=1S/C45H38N4.2C2H6/c1-3-5-16-32(4-2)39-30-40(33-17-8-6-9-18-33)47-45(46-39)35-20-14-23-38(29-35)49-41-24-12-13-28-48(37-21-10-7-11-22-37)31-36-27-26-34-19-15-25-42(49)43(34)44(36)41;2*1-2/h4-11,13-30H,3,12,31H2,1-2H3;2*1-2H3/b16-5-,28-13-,32-4+,41-24+;;. The monoisotopic (exact) mass is 694 g/mol. The quantitative estimate of drug-likeness (QED) is 0.156. The van der Waals surface area contributed by atoms with Crippen molar-refractivity contribution in [2.75, 3.05) is 4.90 Å². The topological polar surface area (TPSA) is 34.0 Å². The van der Waals surface area contributed by atoms with Gasteiger partial charge in [0.25, 0.3) is 0 Å². The molecule has 0 N–H and O–H groups in total. The molecule has 0 bridgehead atoms. The average molecular weight is 695 g/mol. The fourth-order valence-corrected chi connectivity index (χ4v) is 6.97. The molecule has 266 valence electrons. The molecule has 53 heavy (non-hydrogen) atoms. The molecule has 3 heterocycles. The van der Waals surface area contributed by atoms with Crippen molar-refractivity contribution < 1.29 is 0 Å². The second-order valence-corrected chi connectivity index (χ2v) is 12.4. The summed E-state index contributed by atoms with van der Waals surface area (Å²) in [7, 11) is 0. The van der Waals surface area contributed by atoms with Crippen molar-refractivity contribution in [3.05, 3.63) is 168 Å². The number of anilines is 1. The first-order chi connectivity index (χ1) is 26.2. The number of hydrogen-bond acceptors (Lipinski definition) is 3. The highest BCUT2D eigenvalue weighted by molar-refractivity contribution is 6.12. The number of aromatic nitrogens is 3. The van der Waals surface area contributed by atoms with Crippen LogP contribution in [0.5, 0.6) is 0 Å². The van der Waals surface area contributed by atoms with Crippen molar-refractivity contribution in [2.24, 2.45) is 0 Å². The number of rotatable bonds is 7. The van der Waals surface area contributed by atoms with Crippen molar-refractivity contribution in [1.29, 1.82) is 0 Å². The zero-order valence-corrected chi connectivity index (χ0v) is 31.9. The summed E-state index contributed by atoms with van der Waals surface area (Å²) in [6.07, 6.45) is 15.1. The largest absolute Gasteiger partial charge is 0.344 e. The lowest BCUT2D eigenvalue weighted by Gasteiger charge is -2.21. The van der Waals surface area contributed by atoms with Gasteiger partial charge in [0, 0.05) is 46.0 Å². The molecule has 0 aliphatic carbocycles. The first kappa shape index (κ1) is 36.8. The third-order valence-corrected chi connectivity index (χ3v) is 9.31. The normalized spacial score (nSPS) is 14.0. The highest BCUT2D eigenvalue weighted by atomic mass is 15.1. The van der Waals surface area contributed by atoms with Crippen LogP contribution < -0.4 is 10.2 Å². The summed E-state index contributed by atoms with van der Waals surface area (Å²) in [6, 6.07) is 43.1. The van der Waals surface area contributed by atoms with Gasteiger partial charge in [-0.2, -0.15) is 0 Å². The number of nitrogens with zero attached hydrogens (tertiary/aromatic N) is 4. The van der Waals surface area contributed by atoms with Crippen molar-refractivity contribution >= 4 is 39.0 Å². The van der Waals surface area contributed by atoms with Crippen LogP contribution in [0, 0.1) is 0 Å². The van der Waals surface area contributed by atoms with E-state index < -0.39 is 0 Å². The zero-order valence-electron chi connectivity index (χ0n) is 31.9. The first-order valence-corrected chi connectivity index (χ1v) is 19.1. The summed E-state index contributed by atoms with van der Waals surface area (Å²) in [5, 5.41) is 5.09. The van der Waals surface area contributed by atoms with Crippen LogP contribution in [0.3, 0.4) is 0 Å². The van der Waals surface area contributed by atoms with Crippen LogP contribution >= 0.6 is 0 Å². The van der Waals surface area contributed by atoms with E-state index in [1.54, 1.807) is 0 Å². The predicted octanol–water partition coefficient (Wildman–Crippen LogP) is 12.8. The molecular weight excluding hydrogens is 645 g/mol. The Bertz CT molecular complexity index is 2430. The van der Waals surface area contributed by atoms with Gasteiger partial charge in [0.15, 0.2) is 5.82 Å². The van der Waals surface area contributed by atoms with E-state index >= 15 is 0 Å². The van der Waals surface area contributed by atoms with Gasteiger partial charge in [-0.1, -0.05) is 150 Å². The van der Waals surface area contributed by atoms with E-state index in [9.17, 15) is 0 Å². The third kappa shape index (κ3) is 7.64. The van der Waals surface area contributed by atoms with Gasteiger partial charge in [0.05, 0.1) is 22.3 Å². The molecule has 4 heteroatoms. The Morgan fingerprint density at radius 1 is 0.717 bits per heavy atom. The minimum Gasteiger partial charge on any atom is -0.344 e.